The highest BCUT2D eigenvalue weighted by Crippen LogP contribution is 2.14. The van der Waals surface area contributed by atoms with E-state index in [1.807, 2.05) is 44.2 Å². The number of methoxy groups -OCH3 is 1. The Bertz CT molecular complexity index is 740. The van der Waals surface area contributed by atoms with E-state index in [0.29, 0.717) is 12.1 Å². The van der Waals surface area contributed by atoms with Crippen molar-refractivity contribution in [1.82, 2.24) is 5.32 Å². The van der Waals surface area contributed by atoms with Crippen LogP contribution in [-0.4, -0.2) is 25.6 Å². The molecule has 0 bridgehead atoms. The molecule has 0 saturated carbocycles. The van der Waals surface area contributed by atoms with Crippen LogP contribution in [0, 0.1) is 13.8 Å². The molecule has 2 aromatic rings. The van der Waals surface area contributed by atoms with E-state index in [0.717, 1.165) is 22.4 Å². The molecule has 0 atom stereocenters. The van der Waals surface area contributed by atoms with Crippen LogP contribution in [0.15, 0.2) is 42.5 Å². The molecule has 0 aromatic heterocycles. The Balaban J connectivity index is 1.84. The SMILES string of the molecule is COc1cccc(CNC(=O)COC(=O)c2cccc(C)c2C)c1. The third-order valence-electron chi connectivity index (χ3n) is 3.78. The summed E-state index contributed by atoms with van der Waals surface area (Å²) in [6.07, 6.45) is 0. The molecule has 0 aliphatic heterocycles. The number of ether oxygens (including phenoxy) is 2. The number of rotatable bonds is 6. The lowest BCUT2D eigenvalue weighted by molar-refractivity contribution is -0.124. The van der Waals surface area contributed by atoms with Crippen molar-refractivity contribution in [2.45, 2.75) is 20.4 Å². The molecule has 2 rings (SSSR count). The molecule has 0 heterocycles. The van der Waals surface area contributed by atoms with Gasteiger partial charge in [-0.1, -0.05) is 24.3 Å². The Morgan fingerprint density at radius 3 is 2.58 bits per heavy atom. The first-order valence-corrected chi connectivity index (χ1v) is 7.64. The summed E-state index contributed by atoms with van der Waals surface area (Å²) in [5.74, 6) is -0.118. The van der Waals surface area contributed by atoms with Crippen LogP contribution in [0.25, 0.3) is 0 Å². The van der Waals surface area contributed by atoms with Crippen LogP contribution in [0.2, 0.25) is 0 Å². The van der Waals surface area contributed by atoms with E-state index in [2.05, 4.69) is 5.32 Å². The van der Waals surface area contributed by atoms with E-state index < -0.39 is 5.97 Å². The van der Waals surface area contributed by atoms with Gasteiger partial charge in [-0.25, -0.2) is 4.79 Å². The Morgan fingerprint density at radius 2 is 1.83 bits per heavy atom. The summed E-state index contributed by atoms with van der Waals surface area (Å²) in [7, 11) is 1.59. The largest absolute Gasteiger partial charge is 0.497 e. The first-order valence-electron chi connectivity index (χ1n) is 7.64. The number of aryl methyl sites for hydroxylation is 1. The van der Waals surface area contributed by atoms with Crippen LogP contribution in [0.5, 0.6) is 5.75 Å². The zero-order valence-corrected chi connectivity index (χ0v) is 14.1. The Hall–Kier alpha value is -2.82. The second-order valence-corrected chi connectivity index (χ2v) is 5.45. The highest BCUT2D eigenvalue weighted by molar-refractivity contribution is 5.93. The summed E-state index contributed by atoms with van der Waals surface area (Å²) in [4.78, 5) is 23.9. The molecule has 0 saturated heterocycles. The maximum absolute atomic E-state index is 12.1. The first-order chi connectivity index (χ1) is 11.5. The van der Waals surface area contributed by atoms with Gasteiger partial charge in [-0.15, -0.1) is 0 Å². The van der Waals surface area contributed by atoms with Gasteiger partial charge < -0.3 is 14.8 Å². The summed E-state index contributed by atoms with van der Waals surface area (Å²) in [6.45, 7) is 3.81. The monoisotopic (exact) mass is 327 g/mol. The van der Waals surface area contributed by atoms with Gasteiger partial charge in [0.1, 0.15) is 5.75 Å². The molecule has 1 N–H and O–H groups in total. The molecule has 2 aromatic carbocycles. The van der Waals surface area contributed by atoms with Gasteiger partial charge >= 0.3 is 5.97 Å². The van der Waals surface area contributed by atoms with Gasteiger partial charge in [-0.3, -0.25) is 4.79 Å². The number of carbonyl (C=O) groups excluding carboxylic acids is 2. The highest BCUT2D eigenvalue weighted by Gasteiger charge is 2.13. The lowest BCUT2D eigenvalue weighted by Gasteiger charge is -2.10. The fraction of sp³-hybridized carbons (Fsp3) is 0.263. The molecule has 126 valence electrons. The Kier molecular flexibility index (Phi) is 5.95. The summed E-state index contributed by atoms with van der Waals surface area (Å²) in [5, 5.41) is 2.71. The maximum Gasteiger partial charge on any atom is 0.338 e. The quantitative estimate of drug-likeness (QED) is 0.829. The van der Waals surface area contributed by atoms with Crippen LogP contribution in [0.3, 0.4) is 0 Å². The smallest absolute Gasteiger partial charge is 0.338 e. The van der Waals surface area contributed by atoms with Crippen molar-refractivity contribution in [3.8, 4) is 5.75 Å². The van der Waals surface area contributed by atoms with Crippen molar-refractivity contribution in [1.29, 1.82) is 0 Å². The predicted molar refractivity (Wildman–Crippen MR) is 91.0 cm³/mol. The third-order valence-corrected chi connectivity index (χ3v) is 3.78. The van der Waals surface area contributed by atoms with Gasteiger partial charge in [0, 0.05) is 6.54 Å². The molecule has 0 unspecified atom stereocenters. The lowest BCUT2D eigenvalue weighted by atomic mass is 10.0. The highest BCUT2D eigenvalue weighted by atomic mass is 16.5. The number of carbonyl (C=O) groups is 2. The van der Waals surface area contributed by atoms with E-state index in [4.69, 9.17) is 9.47 Å². The minimum Gasteiger partial charge on any atom is -0.497 e. The van der Waals surface area contributed by atoms with Crippen molar-refractivity contribution in [3.05, 3.63) is 64.7 Å². The van der Waals surface area contributed by atoms with Crippen LogP contribution in [-0.2, 0) is 16.1 Å². The summed E-state index contributed by atoms with van der Waals surface area (Å²) >= 11 is 0. The average Bonchev–Trinajstić information content (AvgIpc) is 2.60. The number of amides is 1. The minimum atomic E-state index is -0.493. The fourth-order valence-corrected chi connectivity index (χ4v) is 2.22. The number of esters is 1. The van der Waals surface area contributed by atoms with Gasteiger partial charge in [-0.05, 0) is 48.7 Å². The second-order valence-electron chi connectivity index (χ2n) is 5.45. The number of hydrogen-bond acceptors (Lipinski definition) is 4. The number of hydrogen-bond donors (Lipinski definition) is 1. The summed E-state index contributed by atoms with van der Waals surface area (Å²) in [5.41, 5.74) is 3.25. The normalized spacial score (nSPS) is 10.1. The van der Waals surface area contributed by atoms with Crippen molar-refractivity contribution >= 4 is 11.9 Å². The molecule has 24 heavy (non-hydrogen) atoms. The number of benzene rings is 2. The zero-order valence-electron chi connectivity index (χ0n) is 14.1. The van der Waals surface area contributed by atoms with Crippen molar-refractivity contribution in [2.24, 2.45) is 0 Å². The molecule has 0 aliphatic rings. The van der Waals surface area contributed by atoms with Gasteiger partial charge in [0.15, 0.2) is 6.61 Å². The van der Waals surface area contributed by atoms with E-state index >= 15 is 0 Å². The molecule has 0 spiro atoms. The molecular formula is C19H21NO4. The van der Waals surface area contributed by atoms with Gasteiger partial charge in [0.05, 0.1) is 12.7 Å². The molecular weight excluding hydrogens is 306 g/mol. The fourth-order valence-electron chi connectivity index (χ4n) is 2.22. The topological polar surface area (TPSA) is 64.6 Å². The Labute approximate surface area is 141 Å². The molecule has 0 aliphatic carbocycles. The van der Waals surface area contributed by atoms with E-state index in [1.54, 1.807) is 19.2 Å². The van der Waals surface area contributed by atoms with E-state index in [-0.39, 0.29) is 12.5 Å². The van der Waals surface area contributed by atoms with Crippen LogP contribution < -0.4 is 10.1 Å². The average molecular weight is 327 g/mol. The van der Waals surface area contributed by atoms with Crippen LogP contribution >= 0.6 is 0 Å². The van der Waals surface area contributed by atoms with Gasteiger partial charge in [0.25, 0.3) is 5.91 Å². The zero-order chi connectivity index (χ0) is 17.5. The predicted octanol–water partition coefficient (Wildman–Crippen LogP) is 2.79. The van der Waals surface area contributed by atoms with Crippen molar-refractivity contribution in [2.75, 3.05) is 13.7 Å². The first kappa shape index (κ1) is 17.5. The van der Waals surface area contributed by atoms with E-state index in [9.17, 15) is 9.59 Å². The summed E-state index contributed by atoms with van der Waals surface area (Å²) < 4.78 is 10.2. The van der Waals surface area contributed by atoms with E-state index in [1.165, 1.54) is 0 Å². The van der Waals surface area contributed by atoms with Gasteiger partial charge in [0.2, 0.25) is 0 Å². The molecule has 0 radical (unpaired) electrons. The second kappa shape index (κ2) is 8.15. The van der Waals surface area contributed by atoms with Gasteiger partial charge in [-0.2, -0.15) is 0 Å². The third kappa shape index (κ3) is 4.59. The molecule has 1 amide bonds. The molecule has 5 nitrogen and oxygen atoms in total. The molecule has 0 fully saturated rings. The maximum atomic E-state index is 12.1. The lowest BCUT2D eigenvalue weighted by Crippen LogP contribution is -2.28. The minimum absolute atomic E-state index is 0.309. The Morgan fingerprint density at radius 1 is 1.08 bits per heavy atom. The number of nitrogens with one attached hydrogen (secondary N) is 1. The van der Waals surface area contributed by atoms with Crippen molar-refractivity contribution in [3.63, 3.8) is 0 Å². The standard InChI is InChI=1S/C19H21NO4/c1-13-6-4-9-17(14(13)2)19(22)24-12-18(21)20-11-15-7-5-8-16(10-15)23-3/h4-10H,11-12H2,1-3H3,(H,20,21). The van der Waals surface area contributed by atoms with Crippen LogP contribution in [0.1, 0.15) is 27.0 Å². The van der Waals surface area contributed by atoms with Crippen LogP contribution in [0.4, 0.5) is 0 Å². The van der Waals surface area contributed by atoms with Crippen molar-refractivity contribution < 1.29 is 19.1 Å². The molecule has 5 heteroatoms. The summed E-state index contributed by atoms with van der Waals surface area (Å²) in [6, 6.07) is 12.8.